The van der Waals surface area contributed by atoms with Crippen molar-refractivity contribution in [2.24, 2.45) is 0 Å². The zero-order valence-electron chi connectivity index (χ0n) is 20.3. The van der Waals surface area contributed by atoms with Gasteiger partial charge in [0.1, 0.15) is 41.2 Å². The Labute approximate surface area is 214 Å². The highest BCUT2D eigenvalue weighted by Crippen LogP contribution is 2.40. The summed E-state index contributed by atoms with van der Waals surface area (Å²) in [5.74, 6) is -3.44. The lowest BCUT2D eigenvalue weighted by molar-refractivity contribution is -0.0502. The van der Waals surface area contributed by atoms with Gasteiger partial charge in [-0.1, -0.05) is 0 Å². The third-order valence-corrected chi connectivity index (χ3v) is 6.54. The van der Waals surface area contributed by atoms with Gasteiger partial charge in [-0.3, -0.25) is 9.69 Å². The Morgan fingerprint density at radius 2 is 2.00 bits per heavy atom. The van der Waals surface area contributed by atoms with Gasteiger partial charge in [-0.25, -0.2) is 13.2 Å². The summed E-state index contributed by atoms with van der Waals surface area (Å²) in [5.41, 5.74) is 1.06. The molecular formula is C26H25F5N2O5. The Balaban J connectivity index is 1.37. The highest BCUT2D eigenvalue weighted by atomic mass is 19.3. The quantitative estimate of drug-likeness (QED) is 0.354. The van der Waals surface area contributed by atoms with Crippen LogP contribution in [0.1, 0.15) is 23.2 Å². The van der Waals surface area contributed by atoms with Crippen molar-refractivity contribution in [2.75, 3.05) is 33.4 Å². The van der Waals surface area contributed by atoms with Crippen molar-refractivity contribution in [2.45, 2.75) is 37.6 Å². The number of carbonyl (C=O) groups is 1. The first-order valence-corrected chi connectivity index (χ1v) is 12.0. The smallest absolute Gasteiger partial charge is 0.387 e. The molecule has 38 heavy (non-hydrogen) atoms. The summed E-state index contributed by atoms with van der Waals surface area (Å²) in [6.45, 7) is -2.61. The summed E-state index contributed by atoms with van der Waals surface area (Å²) in [4.78, 5) is 14.4. The van der Waals surface area contributed by atoms with E-state index in [0.717, 1.165) is 0 Å². The van der Waals surface area contributed by atoms with Crippen LogP contribution in [-0.2, 0) is 0 Å². The number of ether oxygens (including phenoxy) is 3. The summed E-state index contributed by atoms with van der Waals surface area (Å²) < 4.78 is 87.7. The number of amides is 1. The topological polar surface area (TPSA) is 73.2 Å². The Morgan fingerprint density at radius 1 is 1.24 bits per heavy atom. The molecule has 2 aliphatic rings. The zero-order chi connectivity index (χ0) is 27.0. The molecule has 0 spiro atoms. The van der Waals surface area contributed by atoms with E-state index in [4.69, 9.17) is 13.9 Å². The second kappa shape index (κ2) is 10.3. The van der Waals surface area contributed by atoms with E-state index in [1.54, 1.807) is 23.1 Å². The predicted octanol–water partition coefficient (Wildman–Crippen LogP) is 5.27. The number of alkyl halides is 5. The summed E-state index contributed by atoms with van der Waals surface area (Å²) in [7, 11) is 1.28. The van der Waals surface area contributed by atoms with Crippen molar-refractivity contribution in [3.8, 4) is 28.4 Å². The van der Waals surface area contributed by atoms with Gasteiger partial charge in [0.05, 0.1) is 26.0 Å². The molecule has 2 fully saturated rings. The SMILES string of the molecule is COc1cc(-c2coc3cc(OCCN4CCC(F)(F)C4)ccc23)cc(OC(F)F)c1C(=O)N[C@@H]1C[C@@H]1F. The highest BCUT2D eigenvalue weighted by molar-refractivity contribution is 6.02. The Morgan fingerprint density at radius 3 is 2.66 bits per heavy atom. The fourth-order valence-corrected chi connectivity index (χ4v) is 4.49. The van der Waals surface area contributed by atoms with Crippen LogP contribution in [0.2, 0.25) is 0 Å². The fourth-order valence-electron chi connectivity index (χ4n) is 4.49. The van der Waals surface area contributed by atoms with Crippen LogP contribution < -0.4 is 19.5 Å². The third-order valence-electron chi connectivity index (χ3n) is 6.54. The van der Waals surface area contributed by atoms with Gasteiger partial charge in [0.15, 0.2) is 0 Å². The van der Waals surface area contributed by atoms with Crippen molar-refractivity contribution in [1.29, 1.82) is 0 Å². The maximum Gasteiger partial charge on any atom is 0.387 e. The Kier molecular flexibility index (Phi) is 7.08. The average Bonchev–Trinajstić information content (AvgIpc) is 3.23. The predicted molar refractivity (Wildman–Crippen MR) is 127 cm³/mol. The molecule has 1 aromatic heterocycles. The molecule has 204 valence electrons. The number of hydrogen-bond acceptors (Lipinski definition) is 6. The lowest BCUT2D eigenvalue weighted by atomic mass is 10.0. The van der Waals surface area contributed by atoms with Crippen molar-refractivity contribution in [3.63, 3.8) is 0 Å². The molecule has 1 N–H and O–H groups in total. The molecular weight excluding hydrogens is 515 g/mol. The fraction of sp³-hybridized carbons (Fsp3) is 0.423. The van der Waals surface area contributed by atoms with Gasteiger partial charge in [-0.05, 0) is 29.8 Å². The Bertz CT molecular complexity index is 1330. The van der Waals surface area contributed by atoms with Crippen LogP contribution in [0.25, 0.3) is 22.1 Å². The van der Waals surface area contributed by atoms with E-state index >= 15 is 0 Å². The van der Waals surface area contributed by atoms with Gasteiger partial charge in [-0.15, -0.1) is 0 Å². The normalized spacial score (nSPS) is 20.6. The molecule has 2 heterocycles. The molecule has 1 aliphatic heterocycles. The average molecular weight is 540 g/mol. The molecule has 3 aromatic rings. The summed E-state index contributed by atoms with van der Waals surface area (Å²) >= 11 is 0. The van der Waals surface area contributed by atoms with Gasteiger partial charge in [-0.2, -0.15) is 8.78 Å². The molecule has 1 saturated heterocycles. The molecule has 2 atom stereocenters. The standard InChI is InChI=1S/C26H25F5N2O5/c1-35-21-8-14(9-22(38-25(28)29)23(21)24(34)32-19-11-18(19)27)17-12-37-20-10-15(2-3-16(17)20)36-7-6-33-5-4-26(30,31)13-33/h2-3,8-10,12,18-19,25H,4-7,11,13H2,1H3,(H,32,34)/t18-,19+/m0/s1. The van der Waals surface area contributed by atoms with Gasteiger partial charge in [0, 0.05) is 42.9 Å². The Hall–Kier alpha value is -3.54. The van der Waals surface area contributed by atoms with Gasteiger partial charge >= 0.3 is 6.61 Å². The van der Waals surface area contributed by atoms with Gasteiger partial charge < -0.3 is 23.9 Å². The number of halogens is 5. The van der Waals surface area contributed by atoms with E-state index in [1.807, 2.05) is 0 Å². The van der Waals surface area contributed by atoms with E-state index in [9.17, 15) is 26.7 Å². The first-order chi connectivity index (χ1) is 18.1. The molecule has 2 aromatic carbocycles. The van der Waals surface area contributed by atoms with Crippen LogP contribution in [-0.4, -0.2) is 68.9 Å². The number of furan rings is 1. The van der Waals surface area contributed by atoms with Crippen LogP contribution in [0.4, 0.5) is 22.0 Å². The van der Waals surface area contributed by atoms with Crippen molar-refractivity contribution >= 4 is 16.9 Å². The largest absolute Gasteiger partial charge is 0.496 e. The minimum Gasteiger partial charge on any atom is -0.496 e. The summed E-state index contributed by atoms with van der Waals surface area (Å²) in [6.07, 6.45) is 0.227. The number of carbonyl (C=O) groups excluding carboxylic acids is 1. The minimum absolute atomic E-state index is 0.0338. The van der Waals surface area contributed by atoms with Crippen LogP contribution in [0.15, 0.2) is 41.0 Å². The first kappa shape index (κ1) is 26.1. The molecule has 12 heteroatoms. The molecule has 1 aliphatic carbocycles. The molecule has 5 rings (SSSR count). The second-order valence-electron chi connectivity index (χ2n) is 9.30. The number of fused-ring (bicyclic) bond motifs is 1. The van der Waals surface area contributed by atoms with Crippen LogP contribution >= 0.6 is 0 Å². The van der Waals surface area contributed by atoms with Crippen LogP contribution in [0, 0.1) is 0 Å². The van der Waals surface area contributed by atoms with Crippen molar-refractivity contribution in [1.82, 2.24) is 10.2 Å². The number of methoxy groups -OCH3 is 1. The maximum atomic E-state index is 13.3. The van der Waals surface area contributed by atoms with E-state index in [0.29, 0.717) is 40.9 Å². The maximum absolute atomic E-state index is 13.3. The minimum atomic E-state index is -3.22. The molecule has 0 radical (unpaired) electrons. The summed E-state index contributed by atoms with van der Waals surface area (Å²) in [5, 5.41) is 3.07. The zero-order valence-corrected chi connectivity index (χ0v) is 20.3. The molecule has 7 nitrogen and oxygen atoms in total. The summed E-state index contributed by atoms with van der Waals surface area (Å²) in [6, 6.07) is 7.09. The van der Waals surface area contributed by atoms with E-state index in [2.05, 4.69) is 10.1 Å². The molecule has 0 bridgehead atoms. The van der Waals surface area contributed by atoms with Crippen molar-refractivity contribution < 1.29 is 45.4 Å². The van der Waals surface area contributed by atoms with E-state index in [-0.39, 0.29) is 37.3 Å². The number of nitrogens with one attached hydrogen (secondary N) is 1. The number of hydrogen-bond donors (Lipinski definition) is 1. The first-order valence-electron chi connectivity index (χ1n) is 12.0. The second-order valence-corrected chi connectivity index (χ2v) is 9.30. The molecule has 1 amide bonds. The van der Waals surface area contributed by atoms with Crippen LogP contribution in [0.3, 0.4) is 0 Å². The lowest BCUT2D eigenvalue weighted by Gasteiger charge is -2.16. The molecule has 0 unspecified atom stereocenters. The van der Waals surface area contributed by atoms with Crippen LogP contribution in [0.5, 0.6) is 17.2 Å². The third kappa shape index (κ3) is 5.64. The van der Waals surface area contributed by atoms with Gasteiger partial charge in [0.2, 0.25) is 0 Å². The monoisotopic (exact) mass is 540 g/mol. The highest BCUT2D eigenvalue weighted by Gasteiger charge is 2.40. The molecule has 1 saturated carbocycles. The van der Waals surface area contributed by atoms with Crippen molar-refractivity contribution in [3.05, 3.63) is 42.2 Å². The lowest BCUT2D eigenvalue weighted by Crippen LogP contribution is -2.29. The van der Waals surface area contributed by atoms with E-state index < -0.39 is 36.4 Å². The number of nitrogens with zero attached hydrogens (tertiary/aromatic N) is 1. The van der Waals surface area contributed by atoms with Gasteiger partial charge in [0.25, 0.3) is 11.8 Å². The number of rotatable bonds is 10. The number of benzene rings is 2. The number of likely N-dealkylation sites (tertiary alicyclic amines) is 1. The van der Waals surface area contributed by atoms with E-state index in [1.165, 1.54) is 25.5 Å².